The molecule has 0 aliphatic heterocycles. The van der Waals surface area contributed by atoms with E-state index in [0.29, 0.717) is 27.9 Å². The lowest BCUT2D eigenvalue weighted by atomic mass is 10.1. The van der Waals surface area contributed by atoms with Crippen LogP contribution in [-0.4, -0.2) is 21.0 Å². The van der Waals surface area contributed by atoms with E-state index in [4.69, 9.17) is 5.26 Å². The molecule has 0 saturated carbocycles. The van der Waals surface area contributed by atoms with Gasteiger partial charge in [0.2, 0.25) is 0 Å². The summed E-state index contributed by atoms with van der Waals surface area (Å²) in [7, 11) is 0. The molecule has 100 valence electrons. The summed E-state index contributed by atoms with van der Waals surface area (Å²) in [5.74, 6) is -1.13. The highest BCUT2D eigenvalue weighted by Crippen LogP contribution is 2.23. The Kier molecular flexibility index (Phi) is 3.05. The van der Waals surface area contributed by atoms with Crippen LogP contribution in [0.25, 0.3) is 22.3 Å². The van der Waals surface area contributed by atoms with E-state index in [-0.39, 0.29) is 5.69 Å². The molecule has 5 nitrogen and oxygen atoms in total. The third-order valence-electron chi connectivity index (χ3n) is 3.06. The minimum absolute atomic E-state index is 0.0987. The summed E-state index contributed by atoms with van der Waals surface area (Å²) < 4.78 is 0. The molecule has 3 aromatic rings. The Morgan fingerprint density at radius 2 is 1.62 bits per heavy atom. The fourth-order valence-corrected chi connectivity index (χ4v) is 2.05. The zero-order chi connectivity index (χ0) is 14.8. The summed E-state index contributed by atoms with van der Waals surface area (Å²) in [6.45, 7) is 0. The third-order valence-corrected chi connectivity index (χ3v) is 3.06. The second-order valence-electron chi connectivity index (χ2n) is 4.40. The molecule has 0 spiro atoms. The molecule has 21 heavy (non-hydrogen) atoms. The van der Waals surface area contributed by atoms with Gasteiger partial charge >= 0.3 is 5.97 Å². The Hall–Kier alpha value is -3.26. The van der Waals surface area contributed by atoms with Crippen LogP contribution in [0.2, 0.25) is 0 Å². The molecule has 0 atom stereocenters. The van der Waals surface area contributed by atoms with E-state index >= 15 is 0 Å². The molecule has 0 saturated heterocycles. The van der Waals surface area contributed by atoms with Crippen LogP contribution in [0.15, 0.2) is 48.5 Å². The summed E-state index contributed by atoms with van der Waals surface area (Å²) in [4.78, 5) is 20.0. The summed E-state index contributed by atoms with van der Waals surface area (Å²) in [6, 6.07) is 15.7. The van der Waals surface area contributed by atoms with Gasteiger partial charge in [-0.1, -0.05) is 24.3 Å². The standard InChI is InChI=1S/C16H9N3O2/c17-9-10-5-7-11(8-6-10)14-15(16(20)21)19-13-4-2-1-3-12(13)18-14/h1-8H,(H,20,21). The van der Waals surface area contributed by atoms with Crippen molar-refractivity contribution in [2.75, 3.05) is 0 Å². The molecular formula is C16H9N3O2. The number of aromatic carboxylic acids is 1. The summed E-state index contributed by atoms with van der Waals surface area (Å²) in [6.07, 6.45) is 0. The van der Waals surface area contributed by atoms with Crippen molar-refractivity contribution in [2.24, 2.45) is 0 Å². The number of benzene rings is 2. The number of nitrogens with zero attached hydrogens (tertiary/aromatic N) is 3. The first-order valence-corrected chi connectivity index (χ1v) is 6.19. The highest BCUT2D eigenvalue weighted by Gasteiger charge is 2.16. The van der Waals surface area contributed by atoms with Gasteiger partial charge in [-0.2, -0.15) is 5.26 Å². The number of fused-ring (bicyclic) bond motifs is 1. The van der Waals surface area contributed by atoms with Crippen LogP contribution in [0.3, 0.4) is 0 Å². The van der Waals surface area contributed by atoms with Gasteiger partial charge in [-0.05, 0) is 24.3 Å². The van der Waals surface area contributed by atoms with Crippen molar-refractivity contribution < 1.29 is 9.90 Å². The lowest BCUT2D eigenvalue weighted by molar-refractivity contribution is 0.0691. The molecule has 1 aromatic heterocycles. The summed E-state index contributed by atoms with van der Waals surface area (Å²) in [5, 5.41) is 18.1. The smallest absolute Gasteiger partial charge is 0.356 e. The van der Waals surface area contributed by atoms with Crippen LogP contribution >= 0.6 is 0 Å². The van der Waals surface area contributed by atoms with Crippen molar-refractivity contribution >= 4 is 17.0 Å². The van der Waals surface area contributed by atoms with Crippen LogP contribution in [0.5, 0.6) is 0 Å². The molecule has 5 heteroatoms. The zero-order valence-corrected chi connectivity index (χ0v) is 10.8. The van der Waals surface area contributed by atoms with Gasteiger partial charge in [-0.25, -0.2) is 14.8 Å². The fourth-order valence-electron chi connectivity index (χ4n) is 2.05. The fraction of sp³-hybridized carbons (Fsp3) is 0. The number of nitriles is 1. The lowest BCUT2D eigenvalue weighted by Crippen LogP contribution is -2.06. The maximum Gasteiger partial charge on any atom is 0.356 e. The number of carbonyl (C=O) groups is 1. The second-order valence-corrected chi connectivity index (χ2v) is 4.40. The molecule has 0 radical (unpaired) electrons. The molecular weight excluding hydrogens is 266 g/mol. The quantitative estimate of drug-likeness (QED) is 0.777. The Morgan fingerprint density at radius 1 is 1.00 bits per heavy atom. The number of hydrogen-bond acceptors (Lipinski definition) is 4. The molecule has 1 heterocycles. The van der Waals surface area contributed by atoms with Crippen LogP contribution in [0.1, 0.15) is 16.1 Å². The number of aromatic nitrogens is 2. The third kappa shape index (κ3) is 2.30. The van der Waals surface area contributed by atoms with Crippen LogP contribution in [0, 0.1) is 11.3 Å². The van der Waals surface area contributed by atoms with Crippen molar-refractivity contribution in [3.63, 3.8) is 0 Å². The minimum atomic E-state index is -1.13. The van der Waals surface area contributed by atoms with E-state index in [1.165, 1.54) is 0 Å². The Morgan fingerprint density at radius 3 is 2.19 bits per heavy atom. The number of carboxylic acids is 1. The van der Waals surface area contributed by atoms with E-state index in [9.17, 15) is 9.90 Å². The van der Waals surface area contributed by atoms with Crippen molar-refractivity contribution in [2.45, 2.75) is 0 Å². The highest BCUT2D eigenvalue weighted by molar-refractivity contribution is 5.95. The van der Waals surface area contributed by atoms with E-state index in [0.717, 1.165) is 0 Å². The van der Waals surface area contributed by atoms with Gasteiger partial charge in [0, 0.05) is 5.56 Å². The van der Waals surface area contributed by atoms with E-state index in [2.05, 4.69) is 9.97 Å². The monoisotopic (exact) mass is 275 g/mol. The molecule has 0 unspecified atom stereocenters. The van der Waals surface area contributed by atoms with Crippen molar-refractivity contribution in [1.82, 2.24) is 9.97 Å². The van der Waals surface area contributed by atoms with Gasteiger partial charge in [0.1, 0.15) is 5.69 Å². The Bertz CT molecular complexity index is 880. The molecule has 0 fully saturated rings. The summed E-state index contributed by atoms with van der Waals surface area (Å²) >= 11 is 0. The second kappa shape index (κ2) is 5.02. The van der Waals surface area contributed by atoms with Crippen LogP contribution < -0.4 is 0 Å². The number of rotatable bonds is 2. The maximum absolute atomic E-state index is 11.4. The normalized spacial score (nSPS) is 10.2. The van der Waals surface area contributed by atoms with Gasteiger partial charge < -0.3 is 5.11 Å². The minimum Gasteiger partial charge on any atom is -0.476 e. The average molecular weight is 275 g/mol. The molecule has 0 aliphatic rings. The van der Waals surface area contributed by atoms with Gasteiger partial charge in [-0.3, -0.25) is 0 Å². The molecule has 0 amide bonds. The molecule has 2 aromatic carbocycles. The Balaban J connectivity index is 2.26. The van der Waals surface area contributed by atoms with E-state index < -0.39 is 5.97 Å². The van der Waals surface area contributed by atoms with Crippen molar-refractivity contribution in [3.8, 4) is 17.3 Å². The number of carboxylic acid groups (broad SMARTS) is 1. The molecule has 1 N–H and O–H groups in total. The first kappa shape index (κ1) is 12.8. The average Bonchev–Trinajstić information content (AvgIpc) is 2.53. The first-order valence-electron chi connectivity index (χ1n) is 6.19. The SMILES string of the molecule is N#Cc1ccc(-c2nc3ccccc3nc2C(=O)O)cc1. The largest absolute Gasteiger partial charge is 0.476 e. The summed E-state index contributed by atoms with van der Waals surface area (Å²) in [5.41, 5.74) is 2.48. The van der Waals surface area contributed by atoms with Crippen molar-refractivity contribution in [3.05, 3.63) is 59.8 Å². The van der Waals surface area contributed by atoms with Gasteiger partial charge in [0.25, 0.3) is 0 Å². The molecule has 3 rings (SSSR count). The van der Waals surface area contributed by atoms with E-state index in [1.807, 2.05) is 12.1 Å². The lowest BCUT2D eigenvalue weighted by Gasteiger charge is -2.07. The first-order chi connectivity index (χ1) is 10.2. The molecule has 0 bridgehead atoms. The zero-order valence-electron chi connectivity index (χ0n) is 10.8. The van der Waals surface area contributed by atoms with E-state index in [1.54, 1.807) is 42.5 Å². The number of hydrogen-bond donors (Lipinski definition) is 1. The topological polar surface area (TPSA) is 86.9 Å². The van der Waals surface area contributed by atoms with Crippen LogP contribution in [-0.2, 0) is 0 Å². The maximum atomic E-state index is 11.4. The van der Waals surface area contributed by atoms with Gasteiger partial charge in [0.15, 0.2) is 5.69 Å². The van der Waals surface area contributed by atoms with Gasteiger partial charge in [-0.15, -0.1) is 0 Å². The predicted molar refractivity (Wildman–Crippen MR) is 76.6 cm³/mol. The Labute approximate surface area is 120 Å². The van der Waals surface area contributed by atoms with Crippen molar-refractivity contribution in [1.29, 1.82) is 5.26 Å². The molecule has 0 aliphatic carbocycles. The van der Waals surface area contributed by atoms with Gasteiger partial charge in [0.05, 0.1) is 22.7 Å². The predicted octanol–water partition coefficient (Wildman–Crippen LogP) is 2.87. The highest BCUT2D eigenvalue weighted by atomic mass is 16.4. The number of para-hydroxylation sites is 2. The van der Waals surface area contributed by atoms with Crippen LogP contribution in [0.4, 0.5) is 0 Å².